The summed E-state index contributed by atoms with van der Waals surface area (Å²) < 4.78 is 26.0. The second-order valence-corrected chi connectivity index (χ2v) is 6.80. The van der Waals surface area contributed by atoms with Crippen molar-refractivity contribution in [3.63, 3.8) is 0 Å². The van der Waals surface area contributed by atoms with E-state index in [-0.39, 0.29) is 6.54 Å². The number of carbonyl (C=O) groups is 1. The Labute approximate surface area is 133 Å². The molecule has 1 N–H and O–H groups in total. The molecule has 0 saturated heterocycles. The van der Waals surface area contributed by atoms with E-state index in [1.165, 1.54) is 7.05 Å². The van der Waals surface area contributed by atoms with Crippen molar-refractivity contribution in [2.24, 2.45) is 0 Å². The van der Waals surface area contributed by atoms with Gasteiger partial charge in [-0.1, -0.05) is 4.68 Å². The Morgan fingerprint density at radius 1 is 1.35 bits per heavy atom. The number of carboxylic acid groups (broad SMARTS) is 1. The van der Waals surface area contributed by atoms with Crippen LogP contribution in [0.4, 0.5) is 0 Å². The van der Waals surface area contributed by atoms with Crippen molar-refractivity contribution in [3.05, 3.63) is 36.9 Å². The first-order valence-electron chi connectivity index (χ1n) is 6.67. The van der Waals surface area contributed by atoms with Gasteiger partial charge in [0, 0.05) is 31.1 Å². The third kappa shape index (κ3) is 4.76. The lowest BCUT2D eigenvalue weighted by atomic mass is 10.3. The summed E-state index contributed by atoms with van der Waals surface area (Å²) in [6.45, 7) is 0.416. The zero-order chi connectivity index (χ0) is 16.9. The highest BCUT2D eigenvalue weighted by Crippen LogP contribution is 2.09. The highest BCUT2D eigenvalue weighted by Gasteiger charge is 2.22. The second kappa shape index (κ2) is 7.20. The minimum atomic E-state index is -3.81. The highest BCUT2D eigenvalue weighted by molar-refractivity contribution is 7.89. The minimum Gasteiger partial charge on any atom is -0.480 e. The van der Waals surface area contributed by atoms with Gasteiger partial charge in [0.2, 0.25) is 10.0 Å². The van der Waals surface area contributed by atoms with E-state index in [4.69, 9.17) is 5.11 Å². The van der Waals surface area contributed by atoms with Gasteiger partial charge in [0.05, 0.1) is 6.54 Å². The molecule has 0 spiro atoms. The molecule has 0 aliphatic rings. The molecule has 0 radical (unpaired) electrons. The van der Waals surface area contributed by atoms with E-state index in [2.05, 4.69) is 15.1 Å². The first-order valence-corrected chi connectivity index (χ1v) is 8.28. The Morgan fingerprint density at radius 3 is 2.61 bits per heavy atom. The predicted octanol–water partition coefficient (Wildman–Crippen LogP) is -0.828. The van der Waals surface area contributed by atoms with Gasteiger partial charge in [0.25, 0.3) is 0 Å². The quantitative estimate of drug-likeness (QED) is 0.655. The van der Waals surface area contributed by atoms with E-state index in [9.17, 15) is 13.2 Å². The van der Waals surface area contributed by atoms with Crippen molar-refractivity contribution < 1.29 is 23.0 Å². The number of aliphatic carboxylic acids is 1. The molecule has 0 amide bonds. The van der Waals surface area contributed by atoms with E-state index in [1.54, 1.807) is 41.6 Å². The molecule has 0 atom stereocenters. The van der Waals surface area contributed by atoms with Crippen LogP contribution in [0.5, 0.6) is 0 Å². The molecule has 2 rings (SSSR count). The summed E-state index contributed by atoms with van der Waals surface area (Å²) in [7, 11) is -2.47. The number of carboxylic acids is 1. The number of nitrogens with zero attached hydrogens (tertiary/aromatic N) is 5. The number of aromatic nitrogens is 4. The van der Waals surface area contributed by atoms with E-state index in [0.29, 0.717) is 12.4 Å². The van der Waals surface area contributed by atoms with Crippen LogP contribution in [0.25, 0.3) is 11.4 Å². The topological polar surface area (TPSA) is 117 Å². The van der Waals surface area contributed by atoms with Crippen molar-refractivity contribution in [3.8, 4) is 11.4 Å². The molecule has 2 aromatic rings. The summed E-state index contributed by atoms with van der Waals surface area (Å²) in [5.74, 6) is -1.76. The molecular weight excluding hydrogens is 322 g/mol. The number of hydrogen-bond donors (Lipinski definition) is 1. The van der Waals surface area contributed by atoms with Crippen molar-refractivity contribution in [2.75, 3.05) is 19.3 Å². The third-order valence-corrected chi connectivity index (χ3v) is 4.76. The van der Waals surface area contributed by atoms with Crippen molar-refractivity contribution in [2.45, 2.75) is 6.54 Å². The zero-order valence-corrected chi connectivity index (χ0v) is 13.2. The van der Waals surface area contributed by atoms with Crippen LogP contribution in [0.1, 0.15) is 0 Å². The van der Waals surface area contributed by atoms with Gasteiger partial charge in [-0.25, -0.2) is 18.4 Å². The molecule has 0 aliphatic heterocycles. The average molecular weight is 338 g/mol. The molecule has 9 nitrogen and oxygen atoms in total. The second-order valence-electron chi connectivity index (χ2n) is 4.72. The smallest absolute Gasteiger partial charge is 0.320 e. The molecule has 10 heteroatoms. The van der Waals surface area contributed by atoms with Gasteiger partial charge < -0.3 is 5.11 Å². The van der Waals surface area contributed by atoms with Crippen LogP contribution in [0.2, 0.25) is 0 Å². The van der Waals surface area contributed by atoms with Gasteiger partial charge in [-0.3, -0.25) is 4.79 Å². The largest absolute Gasteiger partial charge is 0.480 e. The monoisotopic (exact) mass is 338 g/mol. The van der Waals surface area contributed by atoms with Crippen molar-refractivity contribution in [1.82, 2.24) is 19.4 Å². The Hall–Kier alpha value is -2.46. The van der Waals surface area contributed by atoms with Gasteiger partial charge in [-0.2, -0.15) is 4.31 Å². The van der Waals surface area contributed by atoms with Crippen LogP contribution in [-0.2, 0) is 21.4 Å². The molecule has 2 heterocycles. The van der Waals surface area contributed by atoms with Crippen molar-refractivity contribution in [1.29, 1.82) is 0 Å². The lowest BCUT2D eigenvalue weighted by Crippen LogP contribution is -2.44. The van der Waals surface area contributed by atoms with E-state index in [1.807, 2.05) is 0 Å². The minimum absolute atomic E-state index is 0.120. The zero-order valence-electron chi connectivity index (χ0n) is 12.4. The summed E-state index contributed by atoms with van der Waals surface area (Å²) >= 11 is 0. The third-order valence-electron chi connectivity index (χ3n) is 3.02. The highest BCUT2D eigenvalue weighted by atomic mass is 32.2. The van der Waals surface area contributed by atoms with Gasteiger partial charge in [0.1, 0.15) is 6.20 Å². The standard InChI is InChI=1S/C13H15N5O4S/c1-17(23(21,22)10-12(19)20)7-8-18-6-3-11(9-16-18)13-14-4-2-5-15-13/h2-6,9H,7-8,10H2,1H3/p+1. The van der Waals surface area contributed by atoms with Gasteiger partial charge >= 0.3 is 5.97 Å². The normalized spacial score (nSPS) is 11.6. The number of sulfonamides is 1. The van der Waals surface area contributed by atoms with E-state index < -0.39 is 21.7 Å². The lowest BCUT2D eigenvalue weighted by Gasteiger charge is -2.13. The molecule has 0 aliphatic carbocycles. The van der Waals surface area contributed by atoms with Crippen LogP contribution >= 0.6 is 0 Å². The molecular formula is C13H16N5O4S+. The molecule has 0 fully saturated rings. The van der Waals surface area contributed by atoms with E-state index in [0.717, 1.165) is 9.87 Å². The summed E-state index contributed by atoms with van der Waals surface area (Å²) in [5, 5.41) is 12.8. The Bertz CT molecular complexity index is 765. The average Bonchev–Trinajstić information content (AvgIpc) is 2.52. The Kier molecular flexibility index (Phi) is 5.29. The maximum Gasteiger partial charge on any atom is 0.320 e. The molecule has 0 saturated carbocycles. The van der Waals surface area contributed by atoms with Crippen LogP contribution in [0, 0.1) is 0 Å². The van der Waals surface area contributed by atoms with Crippen LogP contribution in [-0.4, -0.2) is 58.2 Å². The van der Waals surface area contributed by atoms with Crippen LogP contribution in [0.3, 0.4) is 0 Å². The summed E-state index contributed by atoms with van der Waals surface area (Å²) in [6.07, 6.45) is 6.53. The van der Waals surface area contributed by atoms with Gasteiger partial charge in [-0.05, 0) is 11.2 Å². The first-order chi connectivity index (χ1) is 10.9. The van der Waals surface area contributed by atoms with Crippen LogP contribution in [0.15, 0.2) is 36.9 Å². The fourth-order valence-corrected chi connectivity index (χ4v) is 2.64. The number of hydrogen-bond acceptors (Lipinski definition) is 6. The van der Waals surface area contributed by atoms with Gasteiger partial charge in [0.15, 0.2) is 24.3 Å². The first kappa shape index (κ1) is 16.9. The molecule has 23 heavy (non-hydrogen) atoms. The maximum atomic E-state index is 11.7. The summed E-state index contributed by atoms with van der Waals surface area (Å²) in [5.41, 5.74) is 0.744. The van der Waals surface area contributed by atoms with Crippen molar-refractivity contribution >= 4 is 16.0 Å². The Morgan fingerprint density at radius 2 is 2.04 bits per heavy atom. The predicted molar refractivity (Wildman–Crippen MR) is 79.5 cm³/mol. The van der Waals surface area contributed by atoms with Crippen LogP contribution < -0.4 is 4.68 Å². The molecule has 122 valence electrons. The number of rotatable bonds is 7. The SMILES string of the molecule is CN(CC[n+]1ccc(-c2ncccn2)cn1)S(=O)(=O)CC(=O)O. The fourth-order valence-electron chi connectivity index (χ4n) is 1.75. The molecule has 2 aromatic heterocycles. The maximum absolute atomic E-state index is 11.7. The fraction of sp³-hybridized carbons (Fsp3) is 0.308. The molecule has 0 bridgehead atoms. The molecule has 0 aromatic carbocycles. The molecule has 0 unspecified atom stereocenters. The summed E-state index contributed by atoms with van der Waals surface area (Å²) in [4.78, 5) is 18.7. The Balaban J connectivity index is 1.98. The van der Waals surface area contributed by atoms with E-state index >= 15 is 0 Å². The van der Waals surface area contributed by atoms with Gasteiger partial charge in [-0.15, -0.1) is 0 Å². The summed E-state index contributed by atoms with van der Waals surface area (Å²) in [6, 6.07) is 3.49. The lowest BCUT2D eigenvalue weighted by molar-refractivity contribution is -0.752. The number of likely N-dealkylation sites (N-methyl/N-ethyl adjacent to an activating group) is 1.